The summed E-state index contributed by atoms with van der Waals surface area (Å²) in [5.41, 5.74) is 0.147. The van der Waals surface area contributed by atoms with Crippen molar-refractivity contribution in [1.29, 1.82) is 0 Å². The van der Waals surface area contributed by atoms with Crippen LogP contribution in [-0.4, -0.2) is 45.6 Å². The number of hydrogen-bond donors (Lipinski definition) is 0. The number of anilines is 1. The molecule has 0 bridgehead atoms. The number of ether oxygens (including phenoxy) is 2. The Morgan fingerprint density at radius 3 is 2.65 bits per heavy atom. The predicted molar refractivity (Wildman–Crippen MR) is 96.6 cm³/mol. The van der Waals surface area contributed by atoms with Gasteiger partial charge in [0.05, 0.1) is 24.7 Å². The Kier molecular flexibility index (Phi) is 6.20. The van der Waals surface area contributed by atoms with Gasteiger partial charge in [0.15, 0.2) is 5.15 Å². The third-order valence-corrected chi connectivity index (χ3v) is 3.33. The lowest BCUT2D eigenvalue weighted by Crippen LogP contribution is -2.40. The summed E-state index contributed by atoms with van der Waals surface area (Å²) in [6, 6.07) is 3.53. The highest BCUT2D eigenvalue weighted by molar-refractivity contribution is 6.32. The molecular formula is C17H21ClN4O4. The van der Waals surface area contributed by atoms with Crippen molar-refractivity contribution in [3.63, 3.8) is 0 Å². The number of esters is 1. The molecule has 140 valence electrons. The molecule has 0 saturated carbocycles. The van der Waals surface area contributed by atoms with Crippen molar-refractivity contribution >= 4 is 29.4 Å². The zero-order valence-electron chi connectivity index (χ0n) is 15.1. The maximum Gasteiger partial charge on any atom is 0.415 e. The molecule has 0 N–H and O–H groups in total. The fraction of sp³-hybridized carbons (Fsp3) is 0.412. The normalized spacial score (nSPS) is 11.1. The second-order valence-corrected chi connectivity index (χ2v) is 6.69. The monoisotopic (exact) mass is 380 g/mol. The SMILES string of the molecule is CCOC(=O)CN(C(=O)OC(C)(C)C)c1cn(-c2cccnc2)nc1Cl. The van der Waals surface area contributed by atoms with E-state index >= 15 is 0 Å². The van der Waals surface area contributed by atoms with Crippen LogP contribution >= 0.6 is 11.6 Å². The number of rotatable bonds is 5. The maximum atomic E-state index is 12.6. The van der Waals surface area contributed by atoms with Gasteiger partial charge in [-0.3, -0.25) is 14.7 Å². The van der Waals surface area contributed by atoms with Crippen molar-refractivity contribution in [1.82, 2.24) is 14.8 Å². The van der Waals surface area contributed by atoms with Crippen molar-refractivity contribution in [2.24, 2.45) is 0 Å². The molecule has 0 radical (unpaired) electrons. The van der Waals surface area contributed by atoms with Gasteiger partial charge in [-0.1, -0.05) is 11.6 Å². The van der Waals surface area contributed by atoms with E-state index < -0.39 is 17.7 Å². The quantitative estimate of drug-likeness (QED) is 0.740. The molecule has 0 aliphatic carbocycles. The molecule has 0 aromatic carbocycles. The highest BCUT2D eigenvalue weighted by Gasteiger charge is 2.29. The molecule has 8 nitrogen and oxygen atoms in total. The van der Waals surface area contributed by atoms with Crippen LogP contribution in [0.4, 0.5) is 10.5 Å². The van der Waals surface area contributed by atoms with Crippen LogP contribution < -0.4 is 4.90 Å². The van der Waals surface area contributed by atoms with Gasteiger partial charge in [0.25, 0.3) is 0 Å². The van der Waals surface area contributed by atoms with Gasteiger partial charge >= 0.3 is 12.1 Å². The number of pyridine rings is 1. The molecule has 0 aliphatic heterocycles. The van der Waals surface area contributed by atoms with Gasteiger partial charge in [-0.25, -0.2) is 9.48 Å². The second kappa shape index (κ2) is 8.18. The van der Waals surface area contributed by atoms with E-state index in [0.717, 1.165) is 4.90 Å². The van der Waals surface area contributed by atoms with Gasteiger partial charge in [-0.15, -0.1) is 0 Å². The molecule has 2 heterocycles. The van der Waals surface area contributed by atoms with E-state index in [0.29, 0.717) is 5.69 Å². The van der Waals surface area contributed by atoms with E-state index in [9.17, 15) is 9.59 Å². The Balaban J connectivity index is 2.36. The molecule has 2 aromatic rings. The zero-order valence-corrected chi connectivity index (χ0v) is 15.9. The van der Waals surface area contributed by atoms with Crippen LogP contribution in [0.3, 0.4) is 0 Å². The van der Waals surface area contributed by atoms with Crippen LogP contribution in [0.25, 0.3) is 5.69 Å². The average Bonchev–Trinajstić information content (AvgIpc) is 2.93. The number of amides is 1. The molecule has 0 aliphatic rings. The van der Waals surface area contributed by atoms with Crippen LogP contribution in [-0.2, 0) is 14.3 Å². The molecule has 2 rings (SSSR count). The molecule has 2 aromatic heterocycles. The summed E-state index contributed by atoms with van der Waals surface area (Å²) in [6.07, 6.45) is 4.03. The minimum atomic E-state index is -0.740. The Morgan fingerprint density at radius 2 is 2.08 bits per heavy atom. The maximum absolute atomic E-state index is 12.6. The second-order valence-electron chi connectivity index (χ2n) is 6.33. The van der Waals surface area contributed by atoms with Crippen molar-refractivity contribution in [3.05, 3.63) is 35.9 Å². The standard InChI is InChI=1S/C17H21ClN4O4/c1-5-25-14(23)11-21(16(24)26-17(2,3)4)13-10-22(20-15(13)18)12-7-6-8-19-9-12/h6-10H,5,11H2,1-4H3. The van der Waals surface area contributed by atoms with Crippen LogP contribution in [0.15, 0.2) is 30.7 Å². The number of halogens is 1. The van der Waals surface area contributed by atoms with E-state index in [2.05, 4.69) is 10.1 Å². The molecule has 0 fully saturated rings. The number of carbonyl (C=O) groups is 2. The van der Waals surface area contributed by atoms with Crippen LogP contribution in [0, 0.1) is 0 Å². The lowest BCUT2D eigenvalue weighted by molar-refractivity contribution is -0.141. The van der Waals surface area contributed by atoms with Gasteiger partial charge in [0.2, 0.25) is 0 Å². The first-order chi connectivity index (χ1) is 12.2. The topological polar surface area (TPSA) is 86.5 Å². The summed E-state index contributed by atoms with van der Waals surface area (Å²) in [4.78, 5) is 29.6. The lowest BCUT2D eigenvalue weighted by atomic mass is 10.2. The minimum absolute atomic E-state index is 0.0454. The fourth-order valence-corrected chi connectivity index (χ4v) is 2.28. The molecule has 26 heavy (non-hydrogen) atoms. The summed E-state index contributed by atoms with van der Waals surface area (Å²) in [6.45, 7) is 6.73. The summed E-state index contributed by atoms with van der Waals surface area (Å²) in [7, 11) is 0. The molecule has 1 amide bonds. The third kappa shape index (κ3) is 5.19. The van der Waals surface area contributed by atoms with Crippen molar-refractivity contribution in [2.45, 2.75) is 33.3 Å². The first-order valence-electron chi connectivity index (χ1n) is 8.03. The molecule has 0 spiro atoms. The van der Waals surface area contributed by atoms with Gasteiger partial charge in [-0.2, -0.15) is 5.10 Å². The smallest absolute Gasteiger partial charge is 0.415 e. The number of aromatic nitrogens is 3. The zero-order chi connectivity index (χ0) is 19.3. The van der Waals surface area contributed by atoms with Crippen LogP contribution in [0.5, 0.6) is 0 Å². The fourth-order valence-electron chi connectivity index (χ4n) is 2.05. The molecule has 9 heteroatoms. The largest absolute Gasteiger partial charge is 0.465 e. The summed E-state index contributed by atoms with van der Waals surface area (Å²) >= 11 is 6.21. The Morgan fingerprint density at radius 1 is 1.35 bits per heavy atom. The van der Waals surface area contributed by atoms with Gasteiger partial charge < -0.3 is 9.47 Å². The predicted octanol–water partition coefficient (Wildman–Crippen LogP) is 3.23. The summed E-state index contributed by atoms with van der Waals surface area (Å²) in [5.74, 6) is -0.580. The highest BCUT2D eigenvalue weighted by atomic mass is 35.5. The van der Waals surface area contributed by atoms with Gasteiger partial charge in [-0.05, 0) is 39.8 Å². The molecule has 0 atom stereocenters. The highest BCUT2D eigenvalue weighted by Crippen LogP contribution is 2.27. The Labute approximate surface area is 156 Å². The van der Waals surface area contributed by atoms with Crippen molar-refractivity contribution in [3.8, 4) is 5.69 Å². The van der Waals surface area contributed by atoms with E-state index in [-0.39, 0.29) is 24.0 Å². The molecule has 0 saturated heterocycles. The summed E-state index contributed by atoms with van der Waals surface area (Å²) < 4.78 is 11.8. The minimum Gasteiger partial charge on any atom is -0.465 e. The van der Waals surface area contributed by atoms with Gasteiger partial charge in [0, 0.05) is 6.20 Å². The number of hydrogen-bond acceptors (Lipinski definition) is 6. The average molecular weight is 381 g/mol. The van der Waals surface area contributed by atoms with Crippen LogP contribution in [0.1, 0.15) is 27.7 Å². The van der Waals surface area contributed by atoms with E-state index in [1.165, 1.54) is 10.9 Å². The first-order valence-corrected chi connectivity index (χ1v) is 8.40. The van der Waals surface area contributed by atoms with Crippen molar-refractivity contribution < 1.29 is 19.1 Å². The third-order valence-electron chi connectivity index (χ3n) is 3.06. The number of nitrogens with zero attached hydrogens (tertiary/aromatic N) is 4. The first kappa shape index (κ1) is 19.7. The van der Waals surface area contributed by atoms with Gasteiger partial charge in [0.1, 0.15) is 17.8 Å². The Bertz CT molecular complexity index is 771. The Hall–Kier alpha value is -2.61. The molecular weight excluding hydrogens is 360 g/mol. The molecule has 0 unspecified atom stereocenters. The van der Waals surface area contributed by atoms with E-state index in [1.807, 2.05) is 0 Å². The van der Waals surface area contributed by atoms with Crippen molar-refractivity contribution in [2.75, 3.05) is 18.1 Å². The van der Waals surface area contributed by atoms with E-state index in [4.69, 9.17) is 21.1 Å². The van der Waals surface area contributed by atoms with Crippen LogP contribution in [0.2, 0.25) is 5.15 Å². The summed E-state index contributed by atoms with van der Waals surface area (Å²) in [5, 5.41) is 4.22. The number of carbonyl (C=O) groups excluding carboxylic acids is 2. The lowest BCUT2D eigenvalue weighted by Gasteiger charge is -2.26. The van der Waals surface area contributed by atoms with E-state index in [1.54, 1.807) is 52.2 Å².